The molecule has 4 bridgehead atoms. The van der Waals surface area contributed by atoms with Crippen LogP contribution < -0.4 is 0 Å². The smallest absolute Gasteiger partial charge is 0.341 e. The van der Waals surface area contributed by atoms with Crippen LogP contribution in [-0.4, -0.2) is 21.8 Å². The molecule has 0 aromatic heterocycles. The fraction of sp³-hybridized carbons (Fsp3) is 1.00. The first-order chi connectivity index (χ1) is 8.61. The van der Waals surface area contributed by atoms with E-state index in [4.69, 9.17) is 8.85 Å². The first kappa shape index (κ1) is 13.1. The van der Waals surface area contributed by atoms with Crippen molar-refractivity contribution >= 4 is 8.56 Å². The van der Waals surface area contributed by atoms with Crippen molar-refractivity contribution in [2.45, 2.75) is 64.0 Å². The zero-order chi connectivity index (χ0) is 12.8. The monoisotopic (exact) mass is 268 g/mol. The summed E-state index contributed by atoms with van der Waals surface area (Å²) < 4.78 is 12.5. The van der Waals surface area contributed by atoms with E-state index in [0.29, 0.717) is 5.04 Å². The Morgan fingerprint density at radius 2 is 1.28 bits per heavy atom. The van der Waals surface area contributed by atoms with E-state index in [1.165, 1.54) is 38.5 Å². The van der Waals surface area contributed by atoms with Gasteiger partial charge in [-0.05, 0) is 76.7 Å². The van der Waals surface area contributed by atoms with E-state index < -0.39 is 8.56 Å². The molecule has 4 aliphatic carbocycles. The minimum Gasteiger partial charge on any atom is -0.394 e. The van der Waals surface area contributed by atoms with Crippen LogP contribution in [0.1, 0.15) is 52.4 Å². The molecule has 0 aromatic carbocycles. The van der Waals surface area contributed by atoms with Crippen LogP contribution in [0, 0.1) is 17.8 Å². The standard InChI is InChI=1S/C15H28O2Si/c1-4-16-18(3,17-5-2)15-9-12-6-13(10-15)8-14(7-12)11-15/h12-14H,4-11H2,1-3H3. The highest BCUT2D eigenvalue weighted by Crippen LogP contribution is 2.67. The zero-order valence-corrected chi connectivity index (χ0v) is 13.2. The van der Waals surface area contributed by atoms with Gasteiger partial charge in [-0.15, -0.1) is 0 Å². The van der Waals surface area contributed by atoms with Gasteiger partial charge < -0.3 is 8.85 Å². The molecule has 3 heteroatoms. The van der Waals surface area contributed by atoms with Gasteiger partial charge in [-0.25, -0.2) is 0 Å². The molecule has 0 N–H and O–H groups in total. The lowest BCUT2D eigenvalue weighted by Gasteiger charge is -2.60. The highest BCUT2D eigenvalue weighted by molar-refractivity contribution is 6.69. The lowest BCUT2D eigenvalue weighted by atomic mass is 9.56. The average Bonchev–Trinajstić information content (AvgIpc) is 2.27. The van der Waals surface area contributed by atoms with Gasteiger partial charge in [0, 0.05) is 18.3 Å². The molecule has 4 aliphatic rings. The van der Waals surface area contributed by atoms with Crippen LogP contribution in [0.25, 0.3) is 0 Å². The summed E-state index contributed by atoms with van der Waals surface area (Å²) in [6.07, 6.45) is 8.72. The maximum Gasteiger partial charge on any atom is 0.341 e. The molecule has 0 saturated heterocycles. The second-order valence-corrected chi connectivity index (χ2v) is 10.5. The van der Waals surface area contributed by atoms with Crippen LogP contribution in [0.4, 0.5) is 0 Å². The Morgan fingerprint density at radius 3 is 1.61 bits per heavy atom. The maximum atomic E-state index is 6.27. The van der Waals surface area contributed by atoms with E-state index in [1.807, 2.05) is 0 Å². The summed E-state index contributed by atoms with van der Waals surface area (Å²) in [5, 5.41) is 0.452. The van der Waals surface area contributed by atoms with Crippen LogP contribution in [0.3, 0.4) is 0 Å². The van der Waals surface area contributed by atoms with Gasteiger partial charge in [0.05, 0.1) is 0 Å². The van der Waals surface area contributed by atoms with Gasteiger partial charge in [-0.3, -0.25) is 0 Å². The predicted octanol–water partition coefficient (Wildman–Crippen LogP) is 4.10. The Balaban J connectivity index is 1.88. The molecule has 4 saturated carbocycles. The Bertz CT molecular complexity index is 274. The third-order valence-corrected chi connectivity index (χ3v) is 10.1. The lowest BCUT2D eigenvalue weighted by molar-refractivity contribution is -0.00236. The number of rotatable bonds is 5. The Labute approximate surface area is 113 Å². The highest BCUT2D eigenvalue weighted by atomic mass is 28.4. The van der Waals surface area contributed by atoms with Crippen molar-refractivity contribution in [2.75, 3.05) is 13.2 Å². The molecule has 0 radical (unpaired) electrons. The lowest BCUT2D eigenvalue weighted by Crippen LogP contribution is -2.58. The minimum absolute atomic E-state index is 0.452. The van der Waals surface area contributed by atoms with Gasteiger partial charge in [0.1, 0.15) is 0 Å². The molecule has 0 aliphatic heterocycles. The summed E-state index contributed by atoms with van der Waals surface area (Å²) in [6.45, 7) is 8.26. The van der Waals surface area contributed by atoms with Crippen LogP contribution in [0.15, 0.2) is 0 Å². The summed E-state index contributed by atoms with van der Waals surface area (Å²) in [5.41, 5.74) is 0. The third kappa shape index (κ3) is 1.90. The average molecular weight is 268 g/mol. The fourth-order valence-electron chi connectivity index (χ4n) is 5.57. The SMILES string of the molecule is CCO[Si](C)(OCC)C12CC3CC(CC(C3)C1)C2. The van der Waals surface area contributed by atoms with E-state index in [1.54, 1.807) is 0 Å². The van der Waals surface area contributed by atoms with Crippen molar-refractivity contribution < 1.29 is 8.85 Å². The molecule has 0 heterocycles. The molecule has 0 atom stereocenters. The topological polar surface area (TPSA) is 18.5 Å². The second-order valence-electron chi connectivity index (χ2n) is 7.01. The minimum atomic E-state index is -2.00. The van der Waals surface area contributed by atoms with Crippen LogP contribution >= 0.6 is 0 Å². The summed E-state index contributed by atoms with van der Waals surface area (Å²) in [4.78, 5) is 0. The van der Waals surface area contributed by atoms with Gasteiger partial charge in [0.25, 0.3) is 0 Å². The van der Waals surface area contributed by atoms with Crippen LogP contribution in [0.5, 0.6) is 0 Å². The van der Waals surface area contributed by atoms with E-state index >= 15 is 0 Å². The van der Waals surface area contributed by atoms with Gasteiger partial charge in [-0.2, -0.15) is 0 Å². The molecule has 0 unspecified atom stereocenters. The number of hydrogen-bond donors (Lipinski definition) is 0. The highest BCUT2D eigenvalue weighted by Gasteiger charge is 2.62. The van der Waals surface area contributed by atoms with E-state index in [-0.39, 0.29) is 0 Å². The van der Waals surface area contributed by atoms with Crippen LogP contribution in [0.2, 0.25) is 11.6 Å². The molecule has 2 nitrogen and oxygen atoms in total. The summed E-state index contributed by atoms with van der Waals surface area (Å²) >= 11 is 0. The molecule has 4 fully saturated rings. The molecular formula is C15H28O2Si. The molecule has 0 spiro atoms. The molecule has 0 aromatic rings. The van der Waals surface area contributed by atoms with Gasteiger partial charge in [0.15, 0.2) is 0 Å². The summed E-state index contributed by atoms with van der Waals surface area (Å²) in [7, 11) is -2.00. The largest absolute Gasteiger partial charge is 0.394 e. The third-order valence-electron chi connectivity index (χ3n) is 5.84. The van der Waals surface area contributed by atoms with Gasteiger partial charge in [0.2, 0.25) is 0 Å². The normalized spacial score (nSPS) is 42.5. The van der Waals surface area contributed by atoms with Crippen LogP contribution in [-0.2, 0) is 8.85 Å². The van der Waals surface area contributed by atoms with Crippen molar-refractivity contribution in [1.82, 2.24) is 0 Å². The Kier molecular flexibility index (Phi) is 3.36. The Hall–Kier alpha value is 0.137. The van der Waals surface area contributed by atoms with Gasteiger partial charge in [-0.1, -0.05) is 0 Å². The van der Waals surface area contributed by atoms with E-state index in [0.717, 1.165) is 31.0 Å². The first-order valence-corrected chi connectivity index (χ1v) is 10.2. The summed E-state index contributed by atoms with van der Waals surface area (Å²) in [6, 6.07) is 0. The first-order valence-electron chi connectivity index (χ1n) is 7.88. The fourth-order valence-corrected chi connectivity index (χ4v) is 9.34. The molecular weight excluding hydrogens is 240 g/mol. The predicted molar refractivity (Wildman–Crippen MR) is 75.7 cm³/mol. The molecule has 0 amide bonds. The zero-order valence-electron chi connectivity index (χ0n) is 12.2. The second kappa shape index (κ2) is 4.60. The van der Waals surface area contributed by atoms with Crippen molar-refractivity contribution in [3.8, 4) is 0 Å². The number of hydrogen-bond acceptors (Lipinski definition) is 2. The Morgan fingerprint density at radius 1 is 0.889 bits per heavy atom. The van der Waals surface area contributed by atoms with Crippen molar-refractivity contribution in [3.05, 3.63) is 0 Å². The quantitative estimate of drug-likeness (QED) is 0.699. The summed E-state index contributed by atoms with van der Waals surface area (Å²) in [5.74, 6) is 2.97. The molecule has 18 heavy (non-hydrogen) atoms. The van der Waals surface area contributed by atoms with Gasteiger partial charge >= 0.3 is 8.56 Å². The van der Waals surface area contributed by atoms with E-state index in [2.05, 4.69) is 20.4 Å². The van der Waals surface area contributed by atoms with E-state index in [9.17, 15) is 0 Å². The van der Waals surface area contributed by atoms with Crippen molar-refractivity contribution in [3.63, 3.8) is 0 Å². The maximum absolute atomic E-state index is 6.27. The van der Waals surface area contributed by atoms with Crippen molar-refractivity contribution in [2.24, 2.45) is 17.8 Å². The molecule has 104 valence electrons. The van der Waals surface area contributed by atoms with Crippen molar-refractivity contribution in [1.29, 1.82) is 0 Å². The molecule has 4 rings (SSSR count).